The quantitative estimate of drug-likeness (QED) is 0.504. The summed E-state index contributed by atoms with van der Waals surface area (Å²) in [5.74, 6) is 1.11. The number of sulfonamides is 1. The summed E-state index contributed by atoms with van der Waals surface area (Å²) in [6, 6.07) is 6.89. The van der Waals surface area contributed by atoms with Crippen LogP contribution in [-0.2, 0) is 27.1 Å². The Labute approximate surface area is 170 Å². The van der Waals surface area contributed by atoms with Gasteiger partial charge in [-0.15, -0.1) is 21.5 Å². The van der Waals surface area contributed by atoms with Crippen LogP contribution in [-0.4, -0.2) is 47.5 Å². The molecule has 0 aliphatic carbocycles. The Kier molecular flexibility index (Phi) is 6.23. The number of nitrogens with zero attached hydrogens (tertiary/aromatic N) is 4. The van der Waals surface area contributed by atoms with Crippen LogP contribution in [0.1, 0.15) is 12.2 Å². The van der Waals surface area contributed by atoms with Gasteiger partial charge in [0.05, 0.1) is 10.6 Å². The van der Waals surface area contributed by atoms with Crippen LogP contribution in [0.5, 0.6) is 0 Å². The second-order valence-electron chi connectivity index (χ2n) is 5.95. The number of primary amides is 1. The van der Waals surface area contributed by atoms with E-state index in [4.69, 9.17) is 10.2 Å². The van der Waals surface area contributed by atoms with Crippen molar-refractivity contribution in [3.05, 3.63) is 35.4 Å². The molecule has 1 amide bonds. The van der Waals surface area contributed by atoms with Gasteiger partial charge in [-0.1, -0.05) is 17.8 Å². The van der Waals surface area contributed by atoms with Crippen molar-refractivity contribution in [3.8, 4) is 10.7 Å². The number of furan rings is 1. The SMILES string of the molecule is CN(C)S(=O)(=O)c1ccc(CSc2nnc(-c3cccs3)n2CCC(N)=O)o1. The molecule has 0 aromatic carbocycles. The van der Waals surface area contributed by atoms with Crippen LogP contribution in [0, 0.1) is 0 Å². The molecule has 0 saturated carbocycles. The first-order chi connectivity index (χ1) is 13.3. The number of thioether (sulfide) groups is 1. The van der Waals surface area contributed by atoms with Gasteiger partial charge in [0.1, 0.15) is 5.76 Å². The highest BCUT2D eigenvalue weighted by atomic mass is 32.2. The van der Waals surface area contributed by atoms with E-state index in [9.17, 15) is 13.2 Å². The molecule has 0 spiro atoms. The molecule has 0 saturated heterocycles. The molecule has 0 aliphatic rings. The van der Waals surface area contributed by atoms with Gasteiger partial charge >= 0.3 is 0 Å². The minimum absolute atomic E-state index is 0.109. The lowest BCUT2D eigenvalue weighted by Gasteiger charge is -2.08. The van der Waals surface area contributed by atoms with Crippen LogP contribution in [0.15, 0.2) is 44.3 Å². The highest BCUT2D eigenvalue weighted by Gasteiger charge is 2.22. The summed E-state index contributed by atoms with van der Waals surface area (Å²) in [6.45, 7) is 0.357. The lowest BCUT2D eigenvalue weighted by molar-refractivity contribution is -0.118. The first kappa shape index (κ1) is 20.6. The van der Waals surface area contributed by atoms with Crippen LogP contribution in [0.4, 0.5) is 0 Å². The van der Waals surface area contributed by atoms with E-state index in [0.717, 1.165) is 9.18 Å². The van der Waals surface area contributed by atoms with E-state index in [1.807, 2.05) is 22.1 Å². The molecule has 0 radical (unpaired) electrons. The van der Waals surface area contributed by atoms with Crippen molar-refractivity contribution in [2.45, 2.75) is 29.0 Å². The molecule has 0 unspecified atom stereocenters. The molecule has 0 atom stereocenters. The summed E-state index contributed by atoms with van der Waals surface area (Å²) < 4.78 is 32.6. The van der Waals surface area contributed by atoms with Crippen molar-refractivity contribution in [2.24, 2.45) is 5.73 Å². The molecule has 0 aliphatic heterocycles. The third kappa shape index (κ3) is 4.46. The van der Waals surface area contributed by atoms with Gasteiger partial charge in [0.25, 0.3) is 10.0 Å². The van der Waals surface area contributed by atoms with Gasteiger partial charge < -0.3 is 14.7 Å². The maximum Gasteiger partial charge on any atom is 0.275 e. The van der Waals surface area contributed by atoms with Gasteiger partial charge in [-0.2, -0.15) is 0 Å². The Balaban J connectivity index is 1.79. The second-order valence-corrected chi connectivity index (χ2v) is 9.92. The fourth-order valence-corrected chi connectivity index (χ4v) is 4.69. The molecule has 9 nitrogen and oxygen atoms in total. The summed E-state index contributed by atoms with van der Waals surface area (Å²) in [5.41, 5.74) is 5.29. The summed E-state index contributed by atoms with van der Waals surface area (Å²) in [6.07, 6.45) is 0.163. The van der Waals surface area contributed by atoms with E-state index >= 15 is 0 Å². The van der Waals surface area contributed by atoms with Gasteiger partial charge in [-0.25, -0.2) is 12.7 Å². The van der Waals surface area contributed by atoms with E-state index in [0.29, 0.717) is 29.0 Å². The van der Waals surface area contributed by atoms with Crippen molar-refractivity contribution in [3.63, 3.8) is 0 Å². The molecule has 12 heteroatoms. The van der Waals surface area contributed by atoms with Crippen LogP contribution in [0.25, 0.3) is 10.7 Å². The third-order valence-electron chi connectivity index (χ3n) is 3.76. The summed E-state index contributed by atoms with van der Waals surface area (Å²) in [5, 5.41) is 10.9. The average Bonchev–Trinajstić information content (AvgIpc) is 3.37. The number of carbonyl (C=O) groups is 1. The average molecular weight is 442 g/mol. The smallest absolute Gasteiger partial charge is 0.275 e. The standard InChI is InChI=1S/C16H19N5O4S3/c1-20(2)28(23,24)14-6-5-11(25-14)10-27-16-19-18-15(12-4-3-9-26-12)21(16)8-7-13(17)22/h3-6,9H,7-8,10H2,1-2H3,(H2,17,22). The van der Waals surface area contributed by atoms with Crippen LogP contribution >= 0.6 is 23.1 Å². The van der Waals surface area contributed by atoms with Crippen LogP contribution in [0.2, 0.25) is 0 Å². The number of hydrogen-bond donors (Lipinski definition) is 1. The number of thiophene rings is 1. The number of aromatic nitrogens is 3. The summed E-state index contributed by atoms with van der Waals surface area (Å²) in [7, 11) is -0.729. The molecular weight excluding hydrogens is 422 g/mol. The van der Waals surface area contributed by atoms with Gasteiger partial charge in [0.2, 0.25) is 11.0 Å². The highest BCUT2D eigenvalue weighted by Crippen LogP contribution is 2.30. The minimum atomic E-state index is -3.62. The van der Waals surface area contributed by atoms with Gasteiger partial charge in [0.15, 0.2) is 11.0 Å². The van der Waals surface area contributed by atoms with Crippen LogP contribution < -0.4 is 5.73 Å². The van der Waals surface area contributed by atoms with E-state index in [-0.39, 0.29) is 11.5 Å². The minimum Gasteiger partial charge on any atom is -0.447 e. The molecule has 150 valence electrons. The normalized spacial score (nSPS) is 12.0. The molecule has 3 aromatic rings. The Hall–Kier alpha value is -2.15. The fourth-order valence-electron chi connectivity index (χ4n) is 2.30. The van der Waals surface area contributed by atoms with Crippen molar-refractivity contribution >= 4 is 39.0 Å². The van der Waals surface area contributed by atoms with Gasteiger partial charge in [-0.05, 0) is 23.6 Å². The number of nitrogens with two attached hydrogens (primary N) is 1. The Morgan fingerprint density at radius 1 is 1.32 bits per heavy atom. The zero-order chi connectivity index (χ0) is 20.3. The largest absolute Gasteiger partial charge is 0.447 e. The van der Waals surface area contributed by atoms with Crippen molar-refractivity contribution in [2.75, 3.05) is 14.1 Å². The Morgan fingerprint density at radius 3 is 2.75 bits per heavy atom. The van der Waals surface area contributed by atoms with Gasteiger partial charge in [0, 0.05) is 27.1 Å². The van der Waals surface area contributed by atoms with E-state index in [1.165, 1.54) is 43.3 Å². The van der Waals surface area contributed by atoms with E-state index in [1.54, 1.807) is 6.07 Å². The number of carbonyl (C=O) groups excluding carboxylic acids is 1. The zero-order valence-electron chi connectivity index (χ0n) is 15.2. The van der Waals surface area contributed by atoms with Crippen LogP contribution in [0.3, 0.4) is 0 Å². The maximum absolute atomic E-state index is 12.1. The lowest BCUT2D eigenvalue weighted by Crippen LogP contribution is -2.21. The zero-order valence-corrected chi connectivity index (χ0v) is 17.7. The molecule has 28 heavy (non-hydrogen) atoms. The van der Waals surface area contributed by atoms with Crippen molar-refractivity contribution < 1.29 is 17.6 Å². The second kappa shape index (κ2) is 8.47. The summed E-state index contributed by atoms with van der Waals surface area (Å²) in [4.78, 5) is 12.2. The highest BCUT2D eigenvalue weighted by molar-refractivity contribution is 7.98. The first-order valence-electron chi connectivity index (χ1n) is 8.18. The van der Waals surface area contributed by atoms with Gasteiger partial charge in [-0.3, -0.25) is 4.79 Å². The topological polar surface area (TPSA) is 124 Å². The number of amides is 1. The lowest BCUT2D eigenvalue weighted by atomic mass is 10.4. The predicted octanol–water partition coefficient (Wildman–Crippen LogP) is 2.02. The maximum atomic E-state index is 12.1. The molecule has 0 fully saturated rings. The number of hydrogen-bond acceptors (Lipinski definition) is 8. The van der Waals surface area contributed by atoms with E-state index in [2.05, 4.69) is 10.2 Å². The van der Waals surface area contributed by atoms with E-state index < -0.39 is 15.9 Å². The third-order valence-corrected chi connectivity index (χ3v) is 7.30. The van der Waals surface area contributed by atoms with Crippen molar-refractivity contribution in [1.29, 1.82) is 0 Å². The molecule has 0 bridgehead atoms. The monoisotopic (exact) mass is 441 g/mol. The molecule has 3 aromatic heterocycles. The first-order valence-corrected chi connectivity index (χ1v) is 11.5. The molecule has 3 rings (SSSR count). The summed E-state index contributed by atoms with van der Waals surface area (Å²) >= 11 is 2.86. The Bertz CT molecular complexity index is 1050. The molecule has 3 heterocycles. The van der Waals surface area contributed by atoms with Crippen molar-refractivity contribution in [1.82, 2.24) is 19.1 Å². The Morgan fingerprint density at radius 2 is 2.11 bits per heavy atom. The predicted molar refractivity (Wildman–Crippen MR) is 106 cm³/mol. The molecule has 2 N–H and O–H groups in total. The fraction of sp³-hybridized carbons (Fsp3) is 0.312. The molecular formula is C16H19N5O4S3. The number of rotatable bonds is 9.